The van der Waals surface area contributed by atoms with Crippen molar-refractivity contribution in [1.29, 1.82) is 0 Å². The Labute approximate surface area is 103 Å². The van der Waals surface area contributed by atoms with Crippen molar-refractivity contribution in [2.75, 3.05) is 13.7 Å². The third-order valence-corrected chi connectivity index (χ3v) is 2.96. The summed E-state index contributed by atoms with van der Waals surface area (Å²) in [5.74, 6) is 1.63. The first-order valence-corrected chi connectivity index (χ1v) is 6.32. The average molecular weight is 235 g/mol. The maximum Gasteiger partial charge on any atom is 0.161 e. The Morgan fingerprint density at radius 3 is 2.65 bits per heavy atom. The highest BCUT2D eigenvalue weighted by atomic mass is 16.5. The SMILES string of the molecule is COc1ccccc1OC(C)CCNC1CC1. The lowest BCUT2D eigenvalue weighted by Gasteiger charge is -2.16. The van der Waals surface area contributed by atoms with E-state index in [9.17, 15) is 0 Å². The molecule has 1 aromatic rings. The summed E-state index contributed by atoms with van der Waals surface area (Å²) in [4.78, 5) is 0. The predicted molar refractivity (Wildman–Crippen MR) is 68.7 cm³/mol. The number of ether oxygens (including phenoxy) is 2. The zero-order valence-electron chi connectivity index (χ0n) is 10.6. The molecule has 3 heteroatoms. The lowest BCUT2D eigenvalue weighted by Crippen LogP contribution is -2.23. The van der Waals surface area contributed by atoms with Gasteiger partial charge in [-0.3, -0.25) is 0 Å². The van der Waals surface area contributed by atoms with Crippen LogP contribution in [-0.4, -0.2) is 25.8 Å². The number of hydrogen-bond acceptors (Lipinski definition) is 3. The molecule has 17 heavy (non-hydrogen) atoms. The van der Waals surface area contributed by atoms with Crippen molar-refractivity contribution in [3.05, 3.63) is 24.3 Å². The summed E-state index contributed by atoms with van der Waals surface area (Å²) in [6.07, 6.45) is 3.90. The molecule has 1 fully saturated rings. The molecule has 3 nitrogen and oxygen atoms in total. The minimum atomic E-state index is 0.206. The fourth-order valence-corrected chi connectivity index (χ4v) is 1.77. The molecule has 1 aliphatic carbocycles. The summed E-state index contributed by atoms with van der Waals surface area (Å²) in [6, 6.07) is 8.56. The Kier molecular flexibility index (Phi) is 4.26. The second-order valence-corrected chi connectivity index (χ2v) is 4.60. The van der Waals surface area contributed by atoms with Gasteiger partial charge in [0.2, 0.25) is 0 Å². The number of para-hydroxylation sites is 2. The summed E-state index contributed by atoms with van der Waals surface area (Å²) < 4.78 is 11.1. The summed E-state index contributed by atoms with van der Waals surface area (Å²) in [6.45, 7) is 3.13. The molecule has 1 N–H and O–H groups in total. The Morgan fingerprint density at radius 1 is 1.29 bits per heavy atom. The van der Waals surface area contributed by atoms with Crippen LogP contribution >= 0.6 is 0 Å². The van der Waals surface area contributed by atoms with E-state index in [2.05, 4.69) is 12.2 Å². The minimum absolute atomic E-state index is 0.206. The Balaban J connectivity index is 1.77. The number of rotatable bonds is 7. The average Bonchev–Trinajstić information content (AvgIpc) is 3.14. The molecule has 0 heterocycles. The van der Waals surface area contributed by atoms with Gasteiger partial charge < -0.3 is 14.8 Å². The molecule has 0 aromatic heterocycles. The third kappa shape index (κ3) is 3.93. The number of hydrogen-bond donors (Lipinski definition) is 1. The summed E-state index contributed by atoms with van der Waals surface area (Å²) in [5, 5.41) is 3.49. The molecule has 1 unspecified atom stereocenters. The lowest BCUT2D eigenvalue weighted by molar-refractivity contribution is 0.201. The molecule has 1 saturated carbocycles. The van der Waals surface area contributed by atoms with Crippen LogP contribution in [0, 0.1) is 0 Å². The molecule has 0 radical (unpaired) electrons. The van der Waals surface area contributed by atoms with Crippen molar-refractivity contribution < 1.29 is 9.47 Å². The van der Waals surface area contributed by atoms with E-state index in [1.54, 1.807) is 7.11 Å². The van der Waals surface area contributed by atoms with Crippen molar-refractivity contribution >= 4 is 0 Å². The number of benzene rings is 1. The lowest BCUT2D eigenvalue weighted by atomic mass is 10.2. The molecule has 0 saturated heterocycles. The van der Waals surface area contributed by atoms with Crippen molar-refractivity contribution in [3.63, 3.8) is 0 Å². The largest absolute Gasteiger partial charge is 0.493 e. The second kappa shape index (κ2) is 5.92. The van der Waals surface area contributed by atoms with Gasteiger partial charge in [0.25, 0.3) is 0 Å². The van der Waals surface area contributed by atoms with Crippen LogP contribution < -0.4 is 14.8 Å². The van der Waals surface area contributed by atoms with Crippen LogP contribution in [0.15, 0.2) is 24.3 Å². The van der Waals surface area contributed by atoms with E-state index in [0.717, 1.165) is 30.5 Å². The van der Waals surface area contributed by atoms with E-state index in [4.69, 9.17) is 9.47 Å². The van der Waals surface area contributed by atoms with Crippen molar-refractivity contribution in [3.8, 4) is 11.5 Å². The van der Waals surface area contributed by atoms with E-state index in [0.29, 0.717) is 0 Å². The van der Waals surface area contributed by atoms with Gasteiger partial charge in [-0.15, -0.1) is 0 Å². The Bertz CT molecular complexity index is 350. The van der Waals surface area contributed by atoms with Crippen molar-refractivity contribution in [2.45, 2.75) is 38.3 Å². The molecule has 0 amide bonds. The van der Waals surface area contributed by atoms with E-state index in [-0.39, 0.29) is 6.10 Å². The van der Waals surface area contributed by atoms with Crippen LogP contribution in [0.3, 0.4) is 0 Å². The molecule has 1 aromatic carbocycles. The van der Waals surface area contributed by atoms with Crippen LogP contribution in [0.4, 0.5) is 0 Å². The first kappa shape index (κ1) is 12.2. The molecule has 1 aliphatic rings. The zero-order chi connectivity index (χ0) is 12.1. The molecule has 0 spiro atoms. The molecular weight excluding hydrogens is 214 g/mol. The Morgan fingerprint density at radius 2 is 2.00 bits per heavy atom. The van der Waals surface area contributed by atoms with Crippen LogP contribution in [0.2, 0.25) is 0 Å². The standard InChI is InChI=1S/C14H21NO2/c1-11(9-10-15-12-7-8-12)17-14-6-4-3-5-13(14)16-2/h3-6,11-12,15H,7-10H2,1-2H3. The zero-order valence-corrected chi connectivity index (χ0v) is 10.6. The molecule has 1 atom stereocenters. The quantitative estimate of drug-likeness (QED) is 0.788. The van der Waals surface area contributed by atoms with Gasteiger partial charge in [-0.1, -0.05) is 12.1 Å². The van der Waals surface area contributed by atoms with Gasteiger partial charge in [0.05, 0.1) is 13.2 Å². The smallest absolute Gasteiger partial charge is 0.161 e. The normalized spacial score (nSPS) is 16.6. The highest BCUT2D eigenvalue weighted by molar-refractivity contribution is 5.39. The maximum absolute atomic E-state index is 5.87. The fraction of sp³-hybridized carbons (Fsp3) is 0.571. The number of nitrogens with one attached hydrogen (secondary N) is 1. The predicted octanol–water partition coefficient (Wildman–Crippen LogP) is 2.60. The molecule has 0 bridgehead atoms. The first-order valence-electron chi connectivity index (χ1n) is 6.32. The van der Waals surface area contributed by atoms with E-state index >= 15 is 0 Å². The topological polar surface area (TPSA) is 30.5 Å². The fourth-order valence-electron chi connectivity index (χ4n) is 1.77. The summed E-state index contributed by atoms with van der Waals surface area (Å²) in [7, 11) is 1.67. The van der Waals surface area contributed by atoms with E-state index in [1.807, 2.05) is 24.3 Å². The van der Waals surface area contributed by atoms with Crippen LogP contribution in [0.5, 0.6) is 11.5 Å². The highest BCUT2D eigenvalue weighted by Crippen LogP contribution is 2.27. The van der Waals surface area contributed by atoms with E-state index < -0.39 is 0 Å². The van der Waals surface area contributed by atoms with Gasteiger partial charge in [-0.25, -0.2) is 0 Å². The number of methoxy groups -OCH3 is 1. The second-order valence-electron chi connectivity index (χ2n) is 4.60. The molecule has 0 aliphatic heterocycles. The summed E-state index contributed by atoms with van der Waals surface area (Å²) in [5.41, 5.74) is 0. The van der Waals surface area contributed by atoms with Crippen molar-refractivity contribution in [1.82, 2.24) is 5.32 Å². The molecular formula is C14H21NO2. The van der Waals surface area contributed by atoms with Gasteiger partial charge >= 0.3 is 0 Å². The van der Waals surface area contributed by atoms with Gasteiger partial charge in [0.1, 0.15) is 0 Å². The minimum Gasteiger partial charge on any atom is -0.493 e. The summed E-state index contributed by atoms with van der Waals surface area (Å²) >= 11 is 0. The van der Waals surface area contributed by atoms with Gasteiger partial charge in [-0.2, -0.15) is 0 Å². The molecule has 2 rings (SSSR count). The van der Waals surface area contributed by atoms with Gasteiger partial charge in [0, 0.05) is 6.04 Å². The highest BCUT2D eigenvalue weighted by Gasteiger charge is 2.20. The van der Waals surface area contributed by atoms with Crippen molar-refractivity contribution in [2.24, 2.45) is 0 Å². The van der Waals surface area contributed by atoms with Gasteiger partial charge in [0.15, 0.2) is 11.5 Å². The monoisotopic (exact) mass is 235 g/mol. The van der Waals surface area contributed by atoms with Crippen LogP contribution in [-0.2, 0) is 0 Å². The maximum atomic E-state index is 5.87. The van der Waals surface area contributed by atoms with E-state index in [1.165, 1.54) is 12.8 Å². The third-order valence-electron chi connectivity index (χ3n) is 2.96. The van der Waals surface area contributed by atoms with Gasteiger partial charge in [-0.05, 0) is 44.9 Å². The van der Waals surface area contributed by atoms with Crippen LogP contribution in [0.25, 0.3) is 0 Å². The Hall–Kier alpha value is -1.22. The van der Waals surface area contributed by atoms with Crippen LogP contribution in [0.1, 0.15) is 26.2 Å². The first-order chi connectivity index (χ1) is 8.29. The molecule has 94 valence electrons.